The minimum absolute atomic E-state index is 0.0387. The quantitative estimate of drug-likeness (QED) is 0.137. The van der Waals surface area contributed by atoms with E-state index >= 15 is 0 Å². The summed E-state index contributed by atoms with van der Waals surface area (Å²) in [6, 6.07) is 15.2. The SMILES string of the molecule is CC(C)(C)OC(=O)Nc1ccc(B(O)O)cc1.CC1CCC(C(=O)N(CC2CC2)c2cc(-c3ccc(NC(=O)OC(C)(C)C)cc3)sc2C(=O)O)CC1. The number of anilines is 3. The predicted molar refractivity (Wildman–Crippen MR) is 209 cm³/mol. The van der Waals surface area contributed by atoms with E-state index in [9.17, 15) is 24.3 Å². The van der Waals surface area contributed by atoms with Crippen molar-refractivity contribution in [2.24, 2.45) is 17.8 Å². The standard InChI is InChI=1S/C28H36N2O5S.C11H16BNO4/c1-17-5-9-20(10-6-17)25(31)30(16-18-7-8-18)22-15-23(36-24(22)26(32)33)19-11-13-21(14-12-19)29-27(34)35-28(2,3)4;1-11(2,3)17-10(14)13-9-6-4-8(5-7-9)12(15)16/h11-15,17-18,20H,5-10,16H2,1-4H3,(H,29,34)(H,32,33);4-7,15-16H,1-3H3,(H,13,14). The molecule has 0 atom stereocenters. The van der Waals surface area contributed by atoms with Crippen LogP contribution in [0.5, 0.6) is 0 Å². The zero-order chi connectivity index (χ0) is 39.1. The molecule has 1 heterocycles. The van der Waals surface area contributed by atoms with Gasteiger partial charge in [-0.1, -0.05) is 31.2 Å². The molecule has 2 aromatic carbocycles. The van der Waals surface area contributed by atoms with Crippen molar-refractivity contribution in [1.82, 2.24) is 0 Å². The Morgan fingerprint density at radius 2 is 1.28 bits per heavy atom. The number of carbonyl (C=O) groups excluding carboxylic acids is 3. The summed E-state index contributed by atoms with van der Waals surface area (Å²) in [5.41, 5.74) is 1.67. The van der Waals surface area contributed by atoms with Crippen LogP contribution in [0.4, 0.5) is 26.7 Å². The normalized spacial score (nSPS) is 17.1. The Morgan fingerprint density at radius 1 is 0.792 bits per heavy atom. The number of ether oxygens (including phenoxy) is 2. The highest BCUT2D eigenvalue weighted by molar-refractivity contribution is 7.18. The van der Waals surface area contributed by atoms with Crippen molar-refractivity contribution in [2.75, 3.05) is 22.1 Å². The summed E-state index contributed by atoms with van der Waals surface area (Å²) in [7, 11) is -1.51. The third-order valence-electron chi connectivity index (χ3n) is 8.64. The molecule has 1 aromatic heterocycles. The van der Waals surface area contributed by atoms with Crippen LogP contribution in [-0.4, -0.2) is 64.1 Å². The molecule has 2 fully saturated rings. The summed E-state index contributed by atoms with van der Waals surface area (Å²) in [6.45, 7) is 13.5. The van der Waals surface area contributed by atoms with Crippen LogP contribution in [0.25, 0.3) is 10.4 Å². The first-order chi connectivity index (χ1) is 24.8. The number of aromatic carboxylic acids is 1. The van der Waals surface area contributed by atoms with Crippen LogP contribution >= 0.6 is 11.3 Å². The molecule has 0 spiro atoms. The van der Waals surface area contributed by atoms with Gasteiger partial charge in [0.15, 0.2) is 0 Å². The number of hydrogen-bond donors (Lipinski definition) is 5. The number of carboxylic acids is 1. The molecule has 0 bridgehead atoms. The minimum atomic E-state index is -1.51. The highest BCUT2D eigenvalue weighted by Gasteiger charge is 2.35. The first-order valence-electron chi connectivity index (χ1n) is 18.0. The Hall–Kier alpha value is -4.40. The fourth-order valence-electron chi connectivity index (χ4n) is 5.77. The lowest BCUT2D eigenvalue weighted by Crippen LogP contribution is -2.39. The Morgan fingerprint density at radius 3 is 1.72 bits per heavy atom. The molecule has 3 amide bonds. The second kappa shape index (κ2) is 17.6. The van der Waals surface area contributed by atoms with Crippen LogP contribution in [0.2, 0.25) is 0 Å². The van der Waals surface area contributed by atoms with E-state index in [1.54, 1.807) is 70.7 Å². The van der Waals surface area contributed by atoms with Gasteiger partial charge in [0.05, 0.1) is 5.69 Å². The Labute approximate surface area is 316 Å². The van der Waals surface area contributed by atoms with Gasteiger partial charge in [-0.15, -0.1) is 11.3 Å². The minimum Gasteiger partial charge on any atom is -0.477 e. The molecule has 0 unspecified atom stereocenters. The topological polar surface area (TPSA) is 175 Å². The number of nitrogens with zero attached hydrogens (tertiary/aromatic N) is 1. The molecule has 286 valence electrons. The molecule has 12 nitrogen and oxygen atoms in total. The van der Waals surface area contributed by atoms with Gasteiger partial charge in [0.1, 0.15) is 16.1 Å². The zero-order valence-electron chi connectivity index (χ0n) is 31.6. The lowest BCUT2D eigenvalue weighted by molar-refractivity contribution is -0.123. The van der Waals surface area contributed by atoms with Crippen molar-refractivity contribution in [3.05, 3.63) is 59.5 Å². The smallest absolute Gasteiger partial charge is 0.477 e. The van der Waals surface area contributed by atoms with E-state index in [0.29, 0.717) is 40.9 Å². The van der Waals surface area contributed by atoms with Crippen molar-refractivity contribution in [3.8, 4) is 10.4 Å². The van der Waals surface area contributed by atoms with E-state index in [4.69, 9.17) is 19.5 Å². The Kier molecular flexibility index (Phi) is 13.8. The third kappa shape index (κ3) is 13.2. The van der Waals surface area contributed by atoms with E-state index in [2.05, 4.69) is 17.6 Å². The van der Waals surface area contributed by atoms with E-state index in [0.717, 1.165) is 49.0 Å². The highest BCUT2D eigenvalue weighted by atomic mass is 32.1. The Balaban J connectivity index is 0.000000310. The number of carboxylic acid groups (broad SMARTS) is 1. The maximum atomic E-state index is 13.6. The summed E-state index contributed by atoms with van der Waals surface area (Å²) in [5, 5.41) is 33.0. The molecule has 5 N–H and O–H groups in total. The van der Waals surface area contributed by atoms with Crippen LogP contribution in [0.15, 0.2) is 54.6 Å². The Bertz CT molecular complexity index is 1720. The molecule has 2 aliphatic rings. The number of carbonyl (C=O) groups is 4. The highest BCUT2D eigenvalue weighted by Crippen LogP contribution is 2.41. The molecule has 2 aliphatic carbocycles. The molecular formula is C39H52BN3O9S. The van der Waals surface area contributed by atoms with Gasteiger partial charge in [-0.2, -0.15) is 0 Å². The van der Waals surface area contributed by atoms with Gasteiger partial charge in [-0.3, -0.25) is 15.4 Å². The second-order valence-electron chi connectivity index (χ2n) is 15.8. The number of rotatable bonds is 9. The van der Waals surface area contributed by atoms with E-state index in [1.165, 1.54) is 23.5 Å². The van der Waals surface area contributed by atoms with Gasteiger partial charge in [-0.25, -0.2) is 14.4 Å². The van der Waals surface area contributed by atoms with Crippen LogP contribution in [0.1, 0.15) is 96.7 Å². The summed E-state index contributed by atoms with van der Waals surface area (Å²) < 4.78 is 10.4. The maximum absolute atomic E-state index is 13.6. The van der Waals surface area contributed by atoms with Crippen molar-refractivity contribution in [3.63, 3.8) is 0 Å². The lowest BCUT2D eigenvalue weighted by Gasteiger charge is -2.31. The van der Waals surface area contributed by atoms with Crippen LogP contribution in [0, 0.1) is 17.8 Å². The lowest BCUT2D eigenvalue weighted by atomic mass is 9.80. The van der Waals surface area contributed by atoms with Crippen molar-refractivity contribution in [2.45, 2.75) is 98.2 Å². The molecule has 3 aromatic rings. The van der Waals surface area contributed by atoms with Gasteiger partial charge < -0.3 is 29.5 Å². The average Bonchev–Trinajstić information content (AvgIpc) is 3.77. The summed E-state index contributed by atoms with van der Waals surface area (Å²) in [5.74, 6) is 0.0942. The van der Waals surface area contributed by atoms with E-state index in [-0.39, 0.29) is 16.7 Å². The predicted octanol–water partition coefficient (Wildman–Crippen LogP) is 7.74. The molecule has 5 rings (SSSR count). The molecule has 2 saturated carbocycles. The molecule has 0 radical (unpaired) electrons. The van der Waals surface area contributed by atoms with Gasteiger partial charge in [-0.05, 0) is 133 Å². The van der Waals surface area contributed by atoms with Crippen LogP contribution < -0.4 is 21.0 Å². The van der Waals surface area contributed by atoms with Crippen molar-refractivity contribution in [1.29, 1.82) is 0 Å². The number of thiophene rings is 1. The van der Waals surface area contributed by atoms with Gasteiger partial charge in [0.2, 0.25) is 5.91 Å². The number of benzene rings is 2. The largest absolute Gasteiger partial charge is 0.488 e. The average molecular weight is 750 g/mol. The van der Waals surface area contributed by atoms with Crippen molar-refractivity contribution < 1.29 is 43.8 Å². The zero-order valence-corrected chi connectivity index (χ0v) is 32.4. The molecule has 0 aliphatic heterocycles. The van der Waals surface area contributed by atoms with Gasteiger partial charge in [0, 0.05) is 28.7 Å². The molecule has 0 saturated heterocycles. The van der Waals surface area contributed by atoms with E-state index < -0.39 is 36.5 Å². The maximum Gasteiger partial charge on any atom is 0.488 e. The number of amides is 3. The number of nitrogens with one attached hydrogen (secondary N) is 2. The van der Waals surface area contributed by atoms with Crippen molar-refractivity contribution >= 4 is 65.0 Å². The fraction of sp³-hybridized carbons (Fsp3) is 0.487. The van der Waals surface area contributed by atoms with E-state index in [1.807, 2.05) is 18.2 Å². The molecular weight excluding hydrogens is 697 g/mol. The second-order valence-corrected chi connectivity index (χ2v) is 16.9. The first kappa shape index (κ1) is 41.4. The fourth-order valence-corrected chi connectivity index (χ4v) is 6.78. The van der Waals surface area contributed by atoms with Gasteiger partial charge >= 0.3 is 25.3 Å². The molecule has 14 heteroatoms. The van der Waals surface area contributed by atoms with Crippen LogP contribution in [0.3, 0.4) is 0 Å². The monoisotopic (exact) mass is 749 g/mol. The summed E-state index contributed by atoms with van der Waals surface area (Å²) in [4.78, 5) is 52.0. The summed E-state index contributed by atoms with van der Waals surface area (Å²) >= 11 is 1.18. The third-order valence-corrected chi connectivity index (χ3v) is 9.80. The van der Waals surface area contributed by atoms with Gasteiger partial charge in [0.25, 0.3) is 0 Å². The van der Waals surface area contributed by atoms with Crippen LogP contribution in [-0.2, 0) is 14.3 Å². The summed E-state index contributed by atoms with van der Waals surface area (Å²) in [6.07, 6.45) is 4.89. The number of hydrogen-bond acceptors (Lipinski definition) is 9. The molecule has 53 heavy (non-hydrogen) atoms. The first-order valence-corrected chi connectivity index (χ1v) is 18.8.